The number of imide groups is 2. The second kappa shape index (κ2) is 9.80. The molecule has 2 aromatic rings. The largest absolute Gasteiger partial charge is 0.504 e. The van der Waals surface area contributed by atoms with E-state index in [0.717, 1.165) is 17.7 Å². The molecular weight excluding hydrogens is 400 g/mol. The van der Waals surface area contributed by atoms with Crippen LogP contribution in [0, 0.1) is 0 Å². The Bertz CT molecular complexity index is 1010. The summed E-state index contributed by atoms with van der Waals surface area (Å²) >= 11 is 0. The van der Waals surface area contributed by atoms with Gasteiger partial charge in [0, 0.05) is 0 Å². The highest BCUT2D eigenvalue weighted by atomic mass is 16.5. The van der Waals surface area contributed by atoms with Crippen molar-refractivity contribution in [2.75, 3.05) is 18.1 Å². The molecule has 1 aliphatic rings. The first-order chi connectivity index (χ1) is 14.9. The Hall–Kier alpha value is -3.81. The fourth-order valence-corrected chi connectivity index (χ4v) is 2.98. The molecule has 4 amide bonds. The number of hydrogen-bond acceptors (Lipinski definition) is 6. The Morgan fingerprint density at radius 2 is 1.77 bits per heavy atom. The third kappa shape index (κ3) is 5.03. The first kappa shape index (κ1) is 21.9. The zero-order chi connectivity index (χ0) is 22.4. The number of nitrogens with zero attached hydrogens (tertiary/aromatic N) is 1. The normalized spacial score (nSPS) is 15.2. The van der Waals surface area contributed by atoms with Crippen LogP contribution in [0.15, 0.2) is 48.0 Å². The highest BCUT2D eigenvalue weighted by Crippen LogP contribution is 2.29. The van der Waals surface area contributed by atoms with Gasteiger partial charge in [0.2, 0.25) is 0 Å². The van der Waals surface area contributed by atoms with Gasteiger partial charge in [-0.3, -0.25) is 14.9 Å². The highest BCUT2D eigenvalue weighted by Gasteiger charge is 2.36. The van der Waals surface area contributed by atoms with Crippen LogP contribution >= 0.6 is 0 Å². The number of unbranched alkanes of at least 4 members (excludes halogenated alkanes) is 1. The van der Waals surface area contributed by atoms with Gasteiger partial charge in [-0.2, -0.15) is 0 Å². The predicted molar refractivity (Wildman–Crippen MR) is 115 cm³/mol. The molecule has 8 heteroatoms. The molecule has 1 fully saturated rings. The van der Waals surface area contributed by atoms with Crippen LogP contribution in [0.3, 0.4) is 0 Å². The minimum Gasteiger partial charge on any atom is -0.504 e. The zero-order valence-corrected chi connectivity index (χ0v) is 17.4. The number of carbonyl (C=O) groups is 3. The van der Waals surface area contributed by atoms with Crippen molar-refractivity contribution < 1.29 is 29.0 Å². The number of benzene rings is 2. The summed E-state index contributed by atoms with van der Waals surface area (Å²) < 4.78 is 10.9. The number of nitrogens with one attached hydrogen (secondary N) is 1. The smallest absolute Gasteiger partial charge is 0.335 e. The van der Waals surface area contributed by atoms with E-state index >= 15 is 0 Å². The van der Waals surface area contributed by atoms with Gasteiger partial charge in [-0.1, -0.05) is 19.4 Å². The number of phenols is 1. The summed E-state index contributed by atoms with van der Waals surface area (Å²) in [6.07, 6.45) is 3.28. The van der Waals surface area contributed by atoms with Crippen LogP contribution < -0.4 is 19.7 Å². The number of aromatic hydroxyl groups is 1. The van der Waals surface area contributed by atoms with Gasteiger partial charge in [0.25, 0.3) is 11.8 Å². The molecule has 0 unspecified atom stereocenters. The number of amides is 4. The summed E-state index contributed by atoms with van der Waals surface area (Å²) in [5, 5.41) is 12.0. The second-order valence-electron chi connectivity index (χ2n) is 6.81. The van der Waals surface area contributed by atoms with Crippen LogP contribution in [-0.4, -0.2) is 36.2 Å². The fraction of sp³-hybridized carbons (Fsp3) is 0.261. The number of rotatable bonds is 8. The van der Waals surface area contributed by atoms with Gasteiger partial charge in [0.15, 0.2) is 11.5 Å². The van der Waals surface area contributed by atoms with E-state index in [1.807, 2.05) is 0 Å². The van der Waals surface area contributed by atoms with Gasteiger partial charge in [0.05, 0.1) is 18.9 Å². The summed E-state index contributed by atoms with van der Waals surface area (Å²) in [5.41, 5.74) is 0.564. The van der Waals surface area contributed by atoms with E-state index < -0.39 is 17.8 Å². The zero-order valence-electron chi connectivity index (χ0n) is 17.4. The average Bonchev–Trinajstić information content (AvgIpc) is 2.74. The van der Waals surface area contributed by atoms with Gasteiger partial charge in [-0.15, -0.1) is 0 Å². The van der Waals surface area contributed by atoms with Crippen molar-refractivity contribution in [3.05, 3.63) is 53.6 Å². The molecule has 0 aromatic heterocycles. The Morgan fingerprint density at radius 1 is 1.03 bits per heavy atom. The van der Waals surface area contributed by atoms with Gasteiger partial charge >= 0.3 is 6.03 Å². The molecule has 0 atom stereocenters. The lowest BCUT2D eigenvalue weighted by molar-refractivity contribution is -0.122. The molecule has 3 rings (SSSR count). The van der Waals surface area contributed by atoms with Gasteiger partial charge in [0.1, 0.15) is 11.3 Å². The first-order valence-corrected chi connectivity index (χ1v) is 10.0. The van der Waals surface area contributed by atoms with E-state index in [-0.39, 0.29) is 17.1 Å². The summed E-state index contributed by atoms with van der Waals surface area (Å²) in [4.78, 5) is 38.6. The molecule has 1 aliphatic heterocycles. The molecule has 31 heavy (non-hydrogen) atoms. The first-order valence-electron chi connectivity index (χ1n) is 10.0. The van der Waals surface area contributed by atoms with Crippen molar-refractivity contribution in [1.29, 1.82) is 0 Å². The van der Waals surface area contributed by atoms with Crippen molar-refractivity contribution in [1.82, 2.24) is 5.32 Å². The van der Waals surface area contributed by atoms with Crippen molar-refractivity contribution >= 4 is 29.6 Å². The standard InChI is InChI=1S/C23H24N2O6/c1-3-5-12-31-17-9-7-16(8-10-17)25-22(28)18(21(27)24-23(25)29)13-15-6-11-19(26)20(14-15)30-4-2/h6-11,13-14,26H,3-5,12H2,1-2H3,(H,24,27,29)/b18-13-. The lowest BCUT2D eigenvalue weighted by atomic mass is 10.1. The fourth-order valence-electron chi connectivity index (χ4n) is 2.98. The van der Waals surface area contributed by atoms with Crippen molar-refractivity contribution in [2.45, 2.75) is 26.7 Å². The predicted octanol–water partition coefficient (Wildman–Crippen LogP) is 3.64. The summed E-state index contributed by atoms with van der Waals surface area (Å²) in [6, 6.07) is 10.1. The average molecular weight is 424 g/mol. The number of carbonyl (C=O) groups excluding carboxylic acids is 3. The molecule has 1 saturated heterocycles. The Kier molecular flexibility index (Phi) is 6.92. The van der Waals surface area contributed by atoms with E-state index in [0.29, 0.717) is 30.2 Å². The van der Waals surface area contributed by atoms with Gasteiger partial charge in [-0.25, -0.2) is 9.69 Å². The van der Waals surface area contributed by atoms with Crippen LogP contribution in [0.5, 0.6) is 17.2 Å². The molecule has 0 aliphatic carbocycles. The highest BCUT2D eigenvalue weighted by molar-refractivity contribution is 6.39. The minimum atomic E-state index is -0.826. The third-order valence-electron chi connectivity index (χ3n) is 4.56. The summed E-state index contributed by atoms with van der Waals surface area (Å²) in [7, 11) is 0. The van der Waals surface area contributed by atoms with Crippen molar-refractivity contribution in [3.63, 3.8) is 0 Å². The molecule has 1 heterocycles. The van der Waals surface area contributed by atoms with Crippen LogP contribution in [0.1, 0.15) is 32.3 Å². The SMILES string of the molecule is CCCCOc1ccc(N2C(=O)NC(=O)/C(=C/c3ccc(O)c(OCC)c3)C2=O)cc1. The van der Waals surface area contributed by atoms with E-state index in [2.05, 4.69) is 12.2 Å². The van der Waals surface area contributed by atoms with E-state index in [4.69, 9.17) is 9.47 Å². The van der Waals surface area contributed by atoms with Crippen LogP contribution in [0.2, 0.25) is 0 Å². The Morgan fingerprint density at radius 3 is 2.45 bits per heavy atom. The summed E-state index contributed by atoms with van der Waals surface area (Å²) in [5.74, 6) is -0.744. The van der Waals surface area contributed by atoms with E-state index in [1.54, 1.807) is 31.2 Å². The maximum atomic E-state index is 13.0. The van der Waals surface area contributed by atoms with Crippen molar-refractivity contribution in [2.24, 2.45) is 0 Å². The number of phenolic OH excluding ortho intramolecular Hbond substituents is 1. The maximum Gasteiger partial charge on any atom is 0.335 e. The van der Waals surface area contributed by atoms with Gasteiger partial charge < -0.3 is 14.6 Å². The van der Waals surface area contributed by atoms with E-state index in [1.165, 1.54) is 24.3 Å². The number of hydrogen-bond donors (Lipinski definition) is 2. The molecule has 162 valence electrons. The Balaban J connectivity index is 1.87. The molecular formula is C23H24N2O6. The third-order valence-corrected chi connectivity index (χ3v) is 4.56. The molecule has 0 saturated carbocycles. The van der Waals surface area contributed by atoms with Crippen LogP contribution in [-0.2, 0) is 9.59 Å². The lowest BCUT2D eigenvalue weighted by Gasteiger charge is -2.26. The molecule has 0 spiro atoms. The summed E-state index contributed by atoms with van der Waals surface area (Å²) in [6.45, 7) is 4.76. The Labute approximate surface area is 180 Å². The quantitative estimate of drug-likeness (QED) is 0.381. The topological polar surface area (TPSA) is 105 Å². The monoisotopic (exact) mass is 424 g/mol. The molecule has 2 N–H and O–H groups in total. The molecule has 2 aromatic carbocycles. The lowest BCUT2D eigenvalue weighted by Crippen LogP contribution is -2.54. The molecule has 0 radical (unpaired) electrons. The number of barbiturate groups is 1. The van der Waals surface area contributed by atoms with Gasteiger partial charge in [-0.05, 0) is 61.4 Å². The van der Waals surface area contributed by atoms with Crippen molar-refractivity contribution in [3.8, 4) is 17.2 Å². The molecule has 8 nitrogen and oxygen atoms in total. The number of urea groups is 1. The van der Waals surface area contributed by atoms with Crippen LogP contribution in [0.4, 0.5) is 10.5 Å². The van der Waals surface area contributed by atoms with Crippen LogP contribution in [0.25, 0.3) is 6.08 Å². The second-order valence-corrected chi connectivity index (χ2v) is 6.81. The minimum absolute atomic E-state index is 0.0542. The van der Waals surface area contributed by atoms with E-state index in [9.17, 15) is 19.5 Å². The number of ether oxygens (including phenoxy) is 2. The number of anilines is 1. The molecule has 0 bridgehead atoms. The maximum absolute atomic E-state index is 13.0.